The van der Waals surface area contributed by atoms with E-state index in [1.54, 1.807) is 6.20 Å². The van der Waals surface area contributed by atoms with Crippen LogP contribution < -0.4 is 17.0 Å². The number of fused-ring (bicyclic) bond motifs is 4. The van der Waals surface area contributed by atoms with E-state index in [2.05, 4.69) is 24.9 Å². The number of H-pyrrole nitrogens is 1. The Morgan fingerprint density at radius 2 is 1.45 bits per heavy atom. The zero-order chi connectivity index (χ0) is 35.8. The van der Waals surface area contributed by atoms with Crippen LogP contribution in [0.25, 0.3) is 33.3 Å². The van der Waals surface area contributed by atoms with Crippen molar-refractivity contribution in [2.45, 2.75) is 49.1 Å². The molecule has 22 nitrogen and oxygen atoms in total. The van der Waals surface area contributed by atoms with Crippen LogP contribution in [0.3, 0.4) is 0 Å². The molecule has 0 bridgehead atoms. The van der Waals surface area contributed by atoms with Crippen LogP contribution in [0.2, 0.25) is 0 Å². The van der Waals surface area contributed by atoms with Crippen molar-refractivity contribution in [1.29, 1.82) is 0 Å². The van der Waals surface area contributed by atoms with Gasteiger partial charge < -0.3 is 45.5 Å². The monoisotopic (exact) mass is 749 g/mol. The van der Waals surface area contributed by atoms with Crippen LogP contribution in [-0.4, -0.2) is 104 Å². The van der Waals surface area contributed by atoms with Crippen molar-refractivity contribution >= 4 is 49.6 Å². The molecule has 10 atom stereocenters. The minimum absolute atomic E-state index is 0.104. The van der Waals surface area contributed by atoms with E-state index in [4.69, 9.17) is 39.0 Å². The number of nitrogens with zero attached hydrogens (tertiary/aromatic N) is 6. The molecule has 270 valence electrons. The molecule has 4 aromatic heterocycles. The maximum Gasteiger partial charge on any atom is 0.472 e. The van der Waals surface area contributed by atoms with Gasteiger partial charge >= 0.3 is 15.6 Å². The van der Waals surface area contributed by atoms with Gasteiger partial charge in [-0.05, 0) is 5.56 Å². The number of nitrogens with two attached hydrogens (primary N) is 2. The lowest BCUT2D eigenvalue weighted by atomic mass is 10.1. The van der Waals surface area contributed by atoms with Crippen LogP contribution in [0.1, 0.15) is 12.5 Å². The summed E-state index contributed by atoms with van der Waals surface area (Å²) >= 11 is 0. The highest BCUT2D eigenvalue weighted by Crippen LogP contribution is 2.54. The van der Waals surface area contributed by atoms with Crippen LogP contribution in [0.15, 0.2) is 54.0 Å². The fraction of sp³-hybridized carbons (Fsp3) is 0.370. The molecule has 24 heteroatoms. The zero-order valence-corrected chi connectivity index (χ0v) is 27.6. The number of hydrogen-bond donors (Lipinski definition) is 7. The van der Waals surface area contributed by atoms with E-state index in [9.17, 15) is 33.9 Å². The van der Waals surface area contributed by atoms with Gasteiger partial charge in [0.2, 0.25) is 5.95 Å². The first-order valence-corrected chi connectivity index (χ1v) is 18.2. The molecular formula is C27H29N9O13P2. The molecule has 2 unspecified atom stereocenters. The Balaban J connectivity index is 1.09. The number of benzene rings is 1. The molecule has 0 spiro atoms. The van der Waals surface area contributed by atoms with E-state index in [1.165, 1.54) is 10.9 Å². The molecule has 7 heterocycles. The second-order valence-electron chi connectivity index (χ2n) is 11.8. The number of aromatic nitrogens is 7. The number of aliphatic hydroxyl groups is 2. The number of rotatable bonds is 3. The molecule has 51 heavy (non-hydrogen) atoms. The first-order chi connectivity index (χ1) is 24.3. The third-order valence-electron chi connectivity index (χ3n) is 8.66. The van der Waals surface area contributed by atoms with Gasteiger partial charge in [-0.2, -0.15) is 4.98 Å². The van der Waals surface area contributed by atoms with E-state index in [1.807, 2.05) is 30.3 Å². The summed E-state index contributed by atoms with van der Waals surface area (Å²) in [5, 5.41) is 23.2. The second kappa shape index (κ2) is 12.5. The summed E-state index contributed by atoms with van der Waals surface area (Å²) in [5.74, 6) is -0.133. The SMILES string of the molecule is Nc1nc2c(ncn2[C@@H]2O[C@@H]3COP(=O)(O)O[C@H]4[C@@H](O)[C@H](n5cc(-c6ccccc6)c6c(N)ncnc65)O[C@@H]4COP(=O)(O)O[C@H]3[C@H]2O)c(=O)[nH]1. The first-order valence-electron chi connectivity index (χ1n) is 15.2. The standard InChI is InChI=1S/C27H29N9O13P2/c28-21-15-12(11-4-2-1-3-5-11)6-35(22(15)31-9-30-21)25-17(37)19-13(46-25)7-44-51(42,43)49-20-14(8-45-50(40,41)48-19)47-26(18(20)38)36-10-32-16-23(36)33-27(29)34-24(16)39/h1-6,9-10,13-14,17-20,25-26,37-38H,7-8H2,(H,40,41)(H,42,43)(H2,28,30,31)(H3,29,33,34,39)/t13-,14-,17-,18-,19-,20-,25-,26-/m1/s1. The Morgan fingerprint density at radius 3 is 2.08 bits per heavy atom. The number of phosphoric ester groups is 2. The van der Waals surface area contributed by atoms with Crippen LogP contribution in [-0.2, 0) is 36.7 Å². The van der Waals surface area contributed by atoms with Gasteiger partial charge in [-0.15, -0.1) is 0 Å². The molecule has 3 fully saturated rings. The van der Waals surface area contributed by atoms with Crippen molar-refractivity contribution in [3.8, 4) is 11.1 Å². The molecule has 3 saturated heterocycles. The molecule has 9 N–H and O–H groups in total. The number of hydrogen-bond acceptors (Lipinski definition) is 17. The minimum Gasteiger partial charge on any atom is -0.386 e. The lowest BCUT2D eigenvalue weighted by molar-refractivity contribution is -0.0663. The third-order valence-corrected chi connectivity index (χ3v) is 10.6. The van der Waals surface area contributed by atoms with Crippen LogP contribution in [0.5, 0.6) is 0 Å². The summed E-state index contributed by atoms with van der Waals surface area (Å²) in [4.78, 5) is 52.5. The number of anilines is 2. The number of aliphatic hydroxyl groups excluding tert-OH is 2. The largest absolute Gasteiger partial charge is 0.472 e. The predicted octanol–water partition coefficient (Wildman–Crippen LogP) is -0.0695. The van der Waals surface area contributed by atoms with Crippen molar-refractivity contribution in [2.24, 2.45) is 0 Å². The number of phosphoric acid groups is 2. The molecular weight excluding hydrogens is 720 g/mol. The summed E-state index contributed by atoms with van der Waals surface area (Å²) in [6.07, 6.45) is -8.74. The van der Waals surface area contributed by atoms with E-state index in [-0.39, 0.29) is 28.6 Å². The Morgan fingerprint density at radius 1 is 0.843 bits per heavy atom. The maximum atomic E-state index is 13.3. The Kier molecular flexibility index (Phi) is 8.33. The predicted molar refractivity (Wildman–Crippen MR) is 171 cm³/mol. The van der Waals surface area contributed by atoms with Gasteiger partial charge in [0.1, 0.15) is 54.4 Å². The third kappa shape index (κ3) is 6.04. The van der Waals surface area contributed by atoms with Gasteiger partial charge in [-0.3, -0.25) is 32.4 Å². The van der Waals surface area contributed by atoms with Gasteiger partial charge in [-0.1, -0.05) is 30.3 Å². The minimum atomic E-state index is -5.09. The van der Waals surface area contributed by atoms with Crippen LogP contribution in [0.4, 0.5) is 11.8 Å². The molecule has 0 amide bonds. The molecule has 3 aliphatic rings. The average molecular weight is 750 g/mol. The number of aromatic amines is 1. The van der Waals surface area contributed by atoms with Gasteiger partial charge in [0.05, 0.1) is 24.9 Å². The number of ether oxygens (including phenoxy) is 2. The number of nitrogens with one attached hydrogen (secondary N) is 1. The number of imidazole rings is 1. The molecule has 0 radical (unpaired) electrons. The molecule has 8 rings (SSSR count). The molecule has 0 saturated carbocycles. The summed E-state index contributed by atoms with van der Waals surface area (Å²) < 4.78 is 62.2. The lowest BCUT2D eigenvalue weighted by Gasteiger charge is -2.27. The van der Waals surface area contributed by atoms with Crippen molar-refractivity contribution in [1.82, 2.24) is 34.1 Å². The summed E-state index contributed by atoms with van der Waals surface area (Å²) in [6.45, 7) is -1.66. The van der Waals surface area contributed by atoms with E-state index in [0.717, 1.165) is 16.5 Å². The van der Waals surface area contributed by atoms with Gasteiger partial charge in [0.25, 0.3) is 5.56 Å². The molecule has 0 aliphatic carbocycles. The fourth-order valence-electron chi connectivity index (χ4n) is 6.40. The first kappa shape index (κ1) is 34.0. The average Bonchev–Trinajstić information content (AvgIpc) is 3.83. The van der Waals surface area contributed by atoms with Crippen molar-refractivity contribution < 1.29 is 56.7 Å². The van der Waals surface area contributed by atoms with Gasteiger partial charge in [0.15, 0.2) is 23.6 Å². The Hall–Kier alpha value is -4.15. The number of nitrogen functional groups attached to an aromatic ring is 2. The summed E-state index contributed by atoms with van der Waals surface area (Å²) in [7, 11) is -10.2. The van der Waals surface area contributed by atoms with Crippen LogP contribution in [0, 0.1) is 0 Å². The topological polar surface area (TPSA) is 317 Å². The smallest absolute Gasteiger partial charge is 0.386 e. The summed E-state index contributed by atoms with van der Waals surface area (Å²) in [5.41, 5.74) is 12.5. The Bertz CT molecular complexity index is 2290. The normalized spacial score (nSPS) is 34.6. The quantitative estimate of drug-likeness (QED) is 0.119. The van der Waals surface area contributed by atoms with E-state index >= 15 is 0 Å². The highest BCUT2D eigenvalue weighted by molar-refractivity contribution is 7.47. The molecule has 5 aromatic rings. The fourth-order valence-corrected chi connectivity index (χ4v) is 8.33. The maximum absolute atomic E-state index is 13.3. The zero-order valence-electron chi connectivity index (χ0n) is 25.8. The lowest BCUT2D eigenvalue weighted by Crippen LogP contribution is -2.39. The van der Waals surface area contributed by atoms with Crippen molar-refractivity contribution in [3.05, 3.63) is 59.5 Å². The van der Waals surface area contributed by atoms with Crippen molar-refractivity contribution in [2.75, 3.05) is 24.7 Å². The van der Waals surface area contributed by atoms with E-state index < -0.39 is 83.5 Å². The Labute approximate surface area is 284 Å². The highest BCUT2D eigenvalue weighted by Gasteiger charge is 2.54. The molecule has 3 aliphatic heterocycles. The van der Waals surface area contributed by atoms with Gasteiger partial charge in [0, 0.05) is 11.8 Å². The summed E-state index contributed by atoms with van der Waals surface area (Å²) in [6, 6.07) is 9.09. The van der Waals surface area contributed by atoms with E-state index in [0.29, 0.717) is 10.9 Å². The molecule has 1 aromatic carbocycles. The van der Waals surface area contributed by atoms with Crippen LogP contribution >= 0.6 is 15.6 Å². The van der Waals surface area contributed by atoms with Gasteiger partial charge in [-0.25, -0.2) is 24.1 Å². The highest BCUT2D eigenvalue weighted by atomic mass is 31.2. The van der Waals surface area contributed by atoms with Crippen molar-refractivity contribution in [3.63, 3.8) is 0 Å². The second-order valence-corrected chi connectivity index (χ2v) is 14.6.